The molecule has 0 heterocycles. The smallest absolute Gasteiger partial charge is 0.261 e. The molecule has 3 aromatic rings. The second-order valence-corrected chi connectivity index (χ2v) is 9.50. The van der Waals surface area contributed by atoms with Gasteiger partial charge in [-0.3, -0.25) is 9.44 Å². The van der Waals surface area contributed by atoms with Gasteiger partial charge >= 0.3 is 0 Å². The quantitative estimate of drug-likeness (QED) is 0.588. The number of hydrogen-bond donors (Lipinski definition) is 2. The maximum atomic E-state index is 13.7. The van der Waals surface area contributed by atoms with Gasteiger partial charge in [0.1, 0.15) is 11.6 Å². The largest absolute Gasteiger partial charge is 0.283 e. The number of anilines is 2. The van der Waals surface area contributed by atoms with Gasteiger partial charge in [-0.25, -0.2) is 25.6 Å². The van der Waals surface area contributed by atoms with E-state index in [1.54, 1.807) is 0 Å². The van der Waals surface area contributed by atoms with Crippen molar-refractivity contribution in [2.75, 3.05) is 9.44 Å². The molecule has 0 fully saturated rings. The zero-order chi connectivity index (χ0) is 21.1. The monoisotopic (exact) mass is 438 g/mol. The number of hydrogen-bond acceptors (Lipinski definition) is 4. The molecule has 0 bridgehead atoms. The fraction of sp³-hybridized carbons (Fsp3) is 0.0526. The van der Waals surface area contributed by atoms with Gasteiger partial charge in [0.25, 0.3) is 10.0 Å². The first kappa shape index (κ1) is 20.7. The normalized spacial score (nSPS) is 11.8. The summed E-state index contributed by atoms with van der Waals surface area (Å²) in [4.78, 5) is -0.165. The first-order valence-corrected chi connectivity index (χ1v) is 11.4. The van der Waals surface area contributed by atoms with E-state index in [0.717, 1.165) is 18.2 Å². The first-order chi connectivity index (χ1) is 13.6. The van der Waals surface area contributed by atoms with Crippen LogP contribution < -0.4 is 9.44 Å². The van der Waals surface area contributed by atoms with Crippen molar-refractivity contribution in [2.45, 2.75) is 10.6 Å². The molecular formula is C19H16F2N2O4S2. The lowest BCUT2D eigenvalue weighted by Gasteiger charge is -2.11. The molecular weight excluding hydrogens is 422 g/mol. The SMILES string of the molecule is O=S(=O)(Cc1ccc(F)cc1)Nc1ccc(S(=O)(=O)Nc2ccccc2F)cc1. The Balaban J connectivity index is 1.72. The molecule has 0 aliphatic heterocycles. The maximum absolute atomic E-state index is 13.7. The topological polar surface area (TPSA) is 92.3 Å². The van der Waals surface area contributed by atoms with E-state index in [1.807, 2.05) is 0 Å². The van der Waals surface area contributed by atoms with Gasteiger partial charge in [-0.2, -0.15) is 0 Å². The Labute approximate surface area is 167 Å². The molecule has 0 spiro atoms. The van der Waals surface area contributed by atoms with E-state index in [0.29, 0.717) is 5.56 Å². The lowest BCUT2D eigenvalue weighted by molar-refractivity contribution is 0.598. The summed E-state index contributed by atoms with van der Waals surface area (Å²) in [5.74, 6) is -1.57. The highest BCUT2D eigenvalue weighted by atomic mass is 32.2. The minimum atomic E-state index is -4.05. The van der Waals surface area contributed by atoms with Crippen molar-refractivity contribution >= 4 is 31.4 Å². The van der Waals surface area contributed by atoms with Crippen molar-refractivity contribution in [3.05, 3.63) is 90.0 Å². The summed E-state index contributed by atoms with van der Waals surface area (Å²) in [7, 11) is -7.84. The van der Waals surface area contributed by atoms with Gasteiger partial charge in [0.05, 0.1) is 16.3 Å². The molecule has 0 aromatic heterocycles. The molecule has 0 radical (unpaired) electrons. The number of sulfonamides is 2. The van der Waals surface area contributed by atoms with Crippen LogP contribution in [0.3, 0.4) is 0 Å². The summed E-state index contributed by atoms with van der Waals surface area (Å²) in [6.45, 7) is 0. The van der Waals surface area contributed by atoms with E-state index >= 15 is 0 Å². The van der Waals surface area contributed by atoms with E-state index in [2.05, 4.69) is 9.44 Å². The van der Waals surface area contributed by atoms with E-state index in [1.165, 1.54) is 54.6 Å². The molecule has 0 amide bonds. The first-order valence-electron chi connectivity index (χ1n) is 8.27. The van der Waals surface area contributed by atoms with Gasteiger partial charge in [0.2, 0.25) is 10.0 Å². The third kappa shape index (κ3) is 5.52. The third-order valence-electron chi connectivity index (χ3n) is 3.83. The molecule has 2 N–H and O–H groups in total. The third-order valence-corrected chi connectivity index (χ3v) is 6.47. The van der Waals surface area contributed by atoms with Crippen LogP contribution in [0.5, 0.6) is 0 Å². The van der Waals surface area contributed by atoms with Gasteiger partial charge in [-0.15, -0.1) is 0 Å². The zero-order valence-corrected chi connectivity index (χ0v) is 16.5. The second kappa shape index (κ2) is 8.18. The van der Waals surface area contributed by atoms with E-state index < -0.39 is 31.7 Å². The fourth-order valence-corrected chi connectivity index (χ4v) is 4.73. The van der Waals surface area contributed by atoms with Crippen LogP contribution in [0.4, 0.5) is 20.2 Å². The minimum absolute atomic E-state index is 0.150. The summed E-state index contributed by atoms with van der Waals surface area (Å²) in [5.41, 5.74) is 0.348. The van der Waals surface area contributed by atoms with E-state index in [9.17, 15) is 25.6 Å². The van der Waals surface area contributed by atoms with Crippen LogP contribution in [0.2, 0.25) is 0 Å². The molecule has 10 heteroatoms. The molecule has 0 aliphatic rings. The van der Waals surface area contributed by atoms with Crippen LogP contribution in [0.1, 0.15) is 5.56 Å². The highest BCUT2D eigenvalue weighted by Gasteiger charge is 2.17. The number of para-hydroxylation sites is 1. The predicted octanol–water partition coefficient (Wildman–Crippen LogP) is 3.71. The average Bonchev–Trinajstić information content (AvgIpc) is 2.65. The highest BCUT2D eigenvalue weighted by molar-refractivity contribution is 7.92. The van der Waals surface area contributed by atoms with Crippen molar-refractivity contribution in [3.63, 3.8) is 0 Å². The van der Waals surface area contributed by atoms with Crippen molar-refractivity contribution in [2.24, 2.45) is 0 Å². The van der Waals surface area contributed by atoms with Crippen molar-refractivity contribution in [3.8, 4) is 0 Å². The molecule has 6 nitrogen and oxygen atoms in total. The molecule has 0 atom stereocenters. The van der Waals surface area contributed by atoms with Gasteiger partial charge in [-0.1, -0.05) is 24.3 Å². The molecule has 3 aromatic carbocycles. The Morgan fingerprint density at radius 1 is 0.724 bits per heavy atom. The Bertz CT molecular complexity index is 1210. The lowest BCUT2D eigenvalue weighted by Crippen LogP contribution is -2.16. The summed E-state index contributed by atoms with van der Waals surface area (Å²) in [6, 6.07) is 15.3. The minimum Gasteiger partial charge on any atom is -0.283 e. The van der Waals surface area contributed by atoms with Gasteiger partial charge in [0, 0.05) is 5.69 Å². The molecule has 0 saturated heterocycles. The molecule has 152 valence electrons. The predicted molar refractivity (Wildman–Crippen MR) is 106 cm³/mol. The van der Waals surface area contributed by atoms with Crippen molar-refractivity contribution in [1.82, 2.24) is 0 Å². The summed E-state index contributed by atoms with van der Waals surface area (Å²) in [5, 5.41) is 0. The Hall–Kier alpha value is -2.98. The number of benzene rings is 3. The van der Waals surface area contributed by atoms with Gasteiger partial charge in [-0.05, 0) is 54.1 Å². The second-order valence-electron chi connectivity index (χ2n) is 6.10. The standard InChI is InChI=1S/C19H16F2N2O4S2/c20-15-7-5-14(6-8-15)13-28(24,25)22-16-9-11-17(12-10-16)29(26,27)23-19-4-2-1-3-18(19)21/h1-12,22-23H,13H2. The summed E-state index contributed by atoms with van der Waals surface area (Å²) < 4.78 is 80.3. The van der Waals surface area contributed by atoms with Gasteiger partial charge < -0.3 is 0 Å². The Morgan fingerprint density at radius 2 is 1.34 bits per heavy atom. The average molecular weight is 438 g/mol. The lowest BCUT2D eigenvalue weighted by atomic mass is 10.2. The molecule has 29 heavy (non-hydrogen) atoms. The van der Waals surface area contributed by atoms with Crippen LogP contribution in [0.25, 0.3) is 0 Å². The fourth-order valence-electron chi connectivity index (χ4n) is 2.47. The zero-order valence-electron chi connectivity index (χ0n) is 14.8. The van der Waals surface area contributed by atoms with Crippen LogP contribution >= 0.6 is 0 Å². The van der Waals surface area contributed by atoms with Crippen LogP contribution in [-0.4, -0.2) is 16.8 Å². The molecule has 0 unspecified atom stereocenters. The Morgan fingerprint density at radius 3 is 1.97 bits per heavy atom. The number of halogens is 2. The van der Waals surface area contributed by atoms with Crippen LogP contribution in [-0.2, 0) is 25.8 Å². The highest BCUT2D eigenvalue weighted by Crippen LogP contribution is 2.21. The summed E-state index contributed by atoms with van der Waals surface area (Å²) in [6.07, 6.45) is 0. The van der Waals surface area contributed by atoms with Crippen LogP contribution in [0, 0.1) is 11.6 Å². The van der Waals surface area contributed by atoms with Crippen molar-refractivity contribution < 1.29 is 25.6 Å². The molecule has 0 aliphatic carbocycles. The van der Waals surface area contributed by atoms with Gasteiger partial charge in [0.15, 0.2) is 0 Å². The Kier molecular flexibility index (Phi) is 5.85. The molecule has 3 rings (SSSR count). The van der Waals surface area contributed by atoms with E-state index in [4.69, 9.17) is 0 Å². The summed E-state index contributed by atoms with van der Waals surface area (Å²) >= 11 is 0. The van der Waals surface area contributed by atoms with E-state index in [-0.39, 0.29) is 22.0 Å². The maximum Gasteiger partial charge on any atom is 0.261 e. The van der Waals surface area contributed by atoms with Crippen molar-refractivity contribution in [1.29, 1.82) is 0 Å². The number of rotatable bonds is 7. The molecule has 0 saturated carbocycles. The van der Waals surface area contributed by atoms with Crippen LogP contribution in [0.15, 0.2) is 77.7 Å². The number of nitrogens with one attached hydrogen (secondary N) is 2.